The highest BCUT2D eigenvalue weighted by Crippen LogP contribution is 2.35. The summed E-state index contributed by atoms with van der Waals surface area (Å²) in [7, 11) is 0. The second kappa shape index (κ2) is 7.94. The average molecular weight is 397 g/mol. The van der Waals surface area contributed by atoms with Crippen molar-refractivity contribution in [2.75, 3.05) is 5.32 Å². The number of benzene rings is 1. The van der Waals surface area contributed by atoms with Gasteiger partial charge in [0.25, 0.3) is 5.56 Å². The van der Waals surface area contributed by atoms with Crippen molar-refractivity contribution >= 4 is 28.4 Å². The smallest absolute Gasteiger partial charge is 0.261 e. The van der Waals surface area contributed by atoms with Crippen LogP contribution in [0.25, 0.3) is 10.9 Å². The monoisotopic (exact) mass is 397 g/mol. The quantitative estimate of drug-likeness (QED) is 0.733. The van der Waals surface area contributed by atoms with Gasteiger partial charge in [-0.05, 0) is 50.8 Å². The highest BCUT2D eigenvalue weighted by Gasteiger charge is 2.40. The first kappa shape index (κ1) is 19.6. The van der Waals surface area contributed by atoms with E-state index in [-0.39, 0.29) is 47.7 Å². The fraction of sp³-hybridized carbons (Fsp3) is 0.524. The summed E-state index contributed by atoms with van der Waals surface area (Å²) in [5.74, 6) is 0.0663. The Bertz CT molecular complexity index is 999. The average Bonchev–Trinajstić information content (AvgIpc) is 2.71. The van der Waals surface area contributed by atoms with Gasteiger partial charge in [0.2, 0.25) is 11.8 Å². The highest BCUT2D eigenvalue weighted by molar-refractivity contribution is 5.94. The van der Waals surface area contributed by atoms with Crippen molar-refractivity contribution < 1.29 is 9.59 Å². The molecule has 4 rings (SSSR count). The second-order valence-electron chi connectivity index (χ2n) is 8.33. The minimum Gasteiger partial charge on any atom is -0.326 e. The molecule has 8 heteroatoms. The summed E-state index contributed by atoms with van der Waals surface area (Å²) < 4.78 is 1.58. The van der Waals surface area contributed by atoms with Crippen LogP contribution in [0.2, 0.25) is 0 Å². The lowest BCUT2D eigenvalue weighted by Gasteiger charge is -2.40. The molecule has 2 aromatic rings. The molecule has 1 aromatic heterocycles. The number of hydrogen-bond donors (Lipinski definition) is 3. The Balaban J connectivity index is 1.49. The van der Waals surface area contributed by atoms with E-state index in [1.165, 1.54) is 0 Å². The number of hydrogen-bond acceptors (Lipinski definition) is 5. The van der Waals surface area contributed by atoms with E-state index >= 15 is 0 Å². The van der Waals surface area contributed by atoms with Gasteiger partial charge < -0.3 is 5.32 Å². The molecule has 1 aliphatic carbocycles. The number of hydrazine groups is 1. The van der Waals surface area contributed by atoms with E-state index in [1.54, 1.807) is 29.1 Å². The summed E-state index contributed by atoms with van der Waals surface area (Å²) in [6.45, 7) is 3.85. The predicted octanol–water partition coefficient (Wildman–Crippen LogP) is 2.12. The summed E-state index contributed by atoms with van der Waals surface area (Å²) in [5, 5.41) is 3.38. The Hall–Kier alpha value is -2.74. The summed E-state index contributed by atoms with van der Waals surface area (Å²) in [4.78, 5) is 41.7. The van der Waals surface area contributed by atoms with Gasteiger partial charge >= 0.3 is 0 Å². The molecule has 3 N–H and O–H groups in total. The number of rotatable bonds is 4. The largest absolute Gasteiger partial charge is 0.326 e. The number of aromatic nitrogens is 2. The maximum absolute atomic E-state index is 12.7. The molecule has 29 heavy (non-hydrogen) atoms. The number of carbonyl (C=O) groups is 2. The van der Waals surface area contributed by atoms with Crippen LogP contribution >= 0.6 is 0 Å². The lowest BCUT2D eigenvalue weighted by Crippen LogP contribution is -2.60. The van der Waals surface area contributed by atoms with E-state index in [4.69, 9.17) is 0 Å². The minimum absolute atomic E-state index is 0.00803. The second-order valence-corrected chi connectivity index (χ2v) is 8.33. The number of nitrogens with one attached hydrogen (secondary N) is 3. The summed E-state index contributed by atoms with van der Waals surface area (Å²) >= 11 is 0. The molecule has 0 bridgehead atoms. The van der Waals surface area contributed by atoms with Crippen molar-refractivity contribution in [3.63, 3.8) is 0 Å². The zero-order valence-corrected chi connectivity index (χ0v) is 16.8. The normalized spacial score (nSPS) is 24.2. The van der Waals surface area contributed by atoms with Crippen LogP contribution in [0.4, 0.5) is 5.69 Å². The van der Waals surface area contributed by atoms with Gasteiger partial charge in [-0.1, -0.05) is 12.8 Å². The molecule has 154 valence electrons. The van der Waals surface area contributed by atoms with E-state index in [0.717, 1.165) is 25.7 Å². The number of amides is 2. The molecular weight excluding hydrogens is 370 g/mol. The molecule has 2 aliphatic rings. The molecule has 1 saturated heterocycles. The number of nitrogens with zero attached hydrogens (tertiary/aromatic N) is 2. The molecule has 3 atom stereocenters. The Kier molecular flexibility index (Phi) is 5.36. The number of fused-ring (bicyclic) bond motifs is 2. The van der Waals surface area contributed by atoms with Gasteiger partial charge in [-0.25, -0.2) is 10.4 Å². The van der Waals surface area contributed by atoms with Crippen molar-refractivity contribution in [1.29, 1.82) is 0 Å². The molecule has 1 saturated carbocycles. The van der Waals surface area contributed by atoms with E-state index < -0.39 is 0 Å². The molecule has 8 nitrogen and oxygen atoms in total. The van der Waals surface area contributed by atoms with E-state index in [9.17, 15) is 14.4 Å². The van der Waals surface area contributed by atoms with E-state index in [2.05, 4.69) is 21.2 Å². The Morgan fingerprint density at radius 2 is 2.07 bits per heavy atom. The van der Waals surface area contributed by atoms with Crippen LogP contribution in [0.1, 0.15) is 52.0 Å². The number of anilines is 1. The number of carbonyl (C=O) groups excluding carboxylic acids is 2. The van der Waals surface area contributed by atoms with Crippen molar-refractivity contribution in [2.45, 2.75) is 58.0 Å². The first-order valence-electron chi connectivity index (χ1n) is 10.3. The van der Waals surface area contributed by atoms with E-state index in [1.807, 2.05) is 13.8 Å². The van der Waals surface area contributed by atoms with Gasteiger partial charge in [0.1, 0.15) is 0 Å². The van der Waals surface area contributed by atoms with Crippen LogP contribution in [-0.4, -0.2) is 27.4 Å². The third-order valence-corrected chi connectivity index (χ3v) is 6.08. The van der Waals surface area contributed by atoms with Gasteiger partial charge in [-0.3, -0.25) is 24.4 Å². The molecule has 3 unspecified atom stereocenters. The van der Waals surface area contributed by atoms with Crippen LogP contribution < -0.4 is 21.7 Å². The highest BCUT2D eigenvalue weighted by atomic mass is 16.2. The SMILES string of the molecule is CC(C)n1cnc2ccc(NC(=O)CC3NNC(=O)C4CCCCC34)cc2c1=O. The third kappa shape index (κ3) is 3.89. The van der Waals surface area contributed by atoms with Crippen LogP contribution in [0.5, 0.6) is 0 Å². The minimum atomic E-state index is -0.143. The molecular formula is C21H27N5O3. The summed E-state index contributed by atoms with van der Waals surface area (Å²) in [5.41, 5.74) is 6.80. The first-order chi connectivity index (χ1) is 13.9. The fourth-order valence-electron chi connectivity index (χ4n) is 4.53. The first-order valence-corrected chi connectivity index (χ1v) is 10.3. The third-order valence-electron chi connectivity index (χ3n) is 6.08. The molecule has 2 heterocycles. The predicted molar refractivity (Wildman–Crippen MR) is 110 cm³/mol. The van der Waals surface area contributed by atoms with Crippen molar-refractivity contribution in [1.82, 2.24) is 20.4 Å². The van der Waals surface area contributed by atoms with Crippen LogP contribution in [0.15, 0.2) is 29.3 Å². The maximum atomic E-state index is 12.7. The van der Waals surface area contributed by atoms with Crippen LogP contribution in [-0.2, 0) is 9.59 Å². The fourth-order valence-corrected chi connectivity index (χ4v) is 4.53. The van der Waals surface area contributed by atoms with Crippen LogP contribution in [0, 0.1) is 11.8 Å². The van der Waals surface area contributed by atoms with Gasteiger partial charge in [-0.15, -0.1) is 0 Å². The molecule has 1 aliphatic heterocycles. The van der Waals surface area contributed by atoms with Gasteiger partial charge in [0.15, 0.2) is 0 Å². The van der Waals surface area contributed by atoms with Crippen molar-refractivity contribution in [3.8, 4) is 0 Å². The van der Waals surface area contributed by atoms with Crippen molar-refractivity contribution in [3.05, 3.63) is 34.9 Å². The molecule has 1 aromatic carbocycles. The topological polar surface area (TPSA) is 105 Å². The standard InChI is InChI=1S/C21H27N5O3/c1-12(2)26-11-22-17-8-7-13(9-16(17)21(26)29)23-19(27)10-18-14-5-3-4-6-15(14)20(28)25-24-18/h7-9,11-12,14-15,18,24H,3-6,10H2,1-2H3,(H,23,27)(H,25,28). The Labute approximate surface area is 169 Å². The zero-order chi connectivity index (χ0) is 20.5. The Morgan fingerprint density at radius 3 is 2.86 bits per heavy atom. The summed E-state index contributed by atoms with van der Waals surface area (Å²) in [6, 6.07) is 5.10. The maximum Gasteiger partial charge on any atom is 0.261 e. The van der Waals surface area contributed by atoms with Gasteiger partial charge in [0.05, 0.1) is 17.2 Å². The van der Waals surface area contributed by atoms with Crippen molar-refractivity contribution in [2.24, 2.45) is 11.8 Å². The molecule has 2 fully saturated rings. The van der Waals surface area contributed by atoms with Gasteiger partial charge in [0, 0.05) is 30.1 Å². The van der Waals surface area contributed by atoms with Gasteiger partial charge in [-0.2, -0.15) is 0 Å². The lowest BCUT2D eigenvalue weighted by molar-refractivity contribution is -0.134. The molecule has 0 radical (unpaired) electrons. The molecule has 2 amide bonds. The van der Waals surface area contributed by atoms with E-state index in [0.29, 0.717) is 16.6 Å². The zero-order valence-electron chi connectivity index (χ0n) is 16.8. The molecule has 0 spiro atoms. The Morgan fingerprint density at radius 1 is 1.28 bits per heavy atom. The lowest BCUT2D eigenvalue weighted by atomic mass is 9.73. The van der Waals surface area contributed by atoms with Crippen LogP contribution in [0.3, 0.4) is 0 Å². The summed E-state index contributed by atoms with van der Waals surface area (Å²) in [6.07, 6.45) is 5.82.